The molecule has 0 radical (unpaired) electrons. The Balaban J connectivity index is 2.61. The predicted octanol–water partition coefficient (Wildman–Crippen LogP) is 2.63. The second-order valence-electron chi connectivity index (χ2n) is 3.96. The molecule has 5 nitrogen and oxygen atoms in total. The van der Waals surface area contributed by atoms with Crippen LogP contribution in [0.4, 0.5) is 0 Å². The summed E-state index contributed by atoms with van der Waals surface area (Å²) in [5.41, 5.74) is 1.22. The van der Waals surface area contributed by atoms with Crippen molar-refractivity contribution in [2.45, 2.75) is 13.3 Å². The highest BCUT2D eigenvalue weighted by Gasteiger charge is 2.20. The van der Waals surface area contributed by atoms with Crippen molar-refractivity contribution in [3.63, 3.8) is 0 Å². The molecule has 100 valence electrons. The van der Waals surface area contributed by atoms with Crippen LogP contribution in [0.2, 0.25) is 5.02 Å². The van der Waals surface area contributed by atoms with Gasteiger partial charge in [0.15, 0.2) is 0 Å². The van der Waals surface area contributed by atoms with E-state index in [0.29, 0.717) is 21.5 Å². The smallest absolute Gasteiger partial charge is 0.355 e. The van der Waals surface area contributed by atoms with Crippen molar-refractivity contribution in [2.75, 3.05) is 6.61 Å². The molecule has 0 aliphatic rings. The second-order valence-corrected chi connectivity index (χ2v) is 4.40. The average molecular weight is 282 g/mol. The van der Waals surface area contributed by atoms with Crippen molar-refractivity contribution in [1.82, 2.24) is 4.98 Å². The summed E-state index contributed by atoms with van der Waals surface area (Å²) in [5, 5.41) is 10.1. The zero-order valence-corrected chi connectivity index (χ0v) is 11.0. The maximum atomic E-state index is 11.8. The van der Waals surface area contributed by atoms with E-state index in [4.69, 9.17) is 21.4 Å². The molecule has 0 fully saturated rings. The molecule has 2 rings (SSSR count). The minimum Gasteiger partial charge on any atom is -0.481 e. The first kappa shape index (κ1) is 13.4. The first-order valence-corrected chi connectivity index (χ1v) is 6.09. The monoisotopic (exact) mass is 281 g/mol. The molecule has 0 aliphatic carbocycles. The Morgan fingerprint density at radius 2 is 2.16 bits per heavy atom. The molecule has 0 aliphatic heterocycles. The number of carbonyl (C=O) groups is 2. The van der Waals surface area contributed by atoms with E-state index >= 15 is 0 Å². The first-order valence-electron chi connectivity index (χ1n) is 5.72. The lowest BCUT2D eigenvalue weighted by atomic mass is 10.1. The predicted molar refractivity (Wildman–Crippen MR) is 70.6 cm³/mol. The number of carboxylic acids is 1. The van der Waals surface area contributed by atoms with Gasteiger partial charge in [-0.1, -0.05) is 11.6 Å². The summed E-state index contributed by atoms with van der Waals surface area (Å²) >= 11 is 5.90. The van der Waals surface area contributed by atoms with Gasteiger partial charge >= 0.3 is 11.9 Å². The molecule has 6 heteroatoms. The van der Waals surface area contributed by atoms with Gasteiger partial charge in [-0.15, -0.1) is 0 Å². The Labute approximate surface area is 114 Å². The van der Waals surface area contributed by atoms with Crippen LogP contribution in [-0.2, 0) is 16.0 Å². The molecule has 1 aromatic heterocycles. The standard InChI is InChI=1S/C13H12ClNO4/c1-2-19-13(18)12-9(6-11(16)17)8-5-7(14)3-4-10(8)15-12/h3-5,15H,2,6H2,1H3,(H,16,17). The number of nitrogens with one attached hydrogen (secondary N) is 1. The summed E-state index contributed by atoms with van der Waals surface area (Å²) in [6, 6.07) is 5.00. The normalized spacial score (nSPS) is 10.6. The average Bonchev–Trinajstić information content (AvgIpc) is 2.67. The number of ether oxygens (including phenoxy) is 1. The van der Waals surface area contributed by atoms with Gasteiger partial charge < -0.3 is 14.8 Å². The highest BCUT2D eigenvalue weighted by atomic mass is 35.5. The number of carbonyl (C=O) groups excluding carboxylic acids is 1. The highest BCUT2D eigenvalue weighted by Crippen LogP contribution is 2.26. The maximum absolute atomic E-state index is 11.8. The molecule has 0 saturated heterocycles. The van der Waals surface area contributed by atoms with Crippen LogP contribution in [0.15, 0.2) is 18.2 Å². The van der Waals surface area contributed by atoms with Crippen LogP contribution in [0.1, 0.15) is 23.0 Å². The molecule has 2 aromatic rings. The van der Waals surface area contributed by atoms with Crippen molar-refractivity contribution in [1.29, 1.82) is 0 Å². The molecule has 1 aromatic carbocycles. The molecular weight excluding hydrogens is 270 g/mol. The number of fused-ring (bicyclic) bond motifs is 1. The van der Waals surface area contributed by atoms with Gasteiger partial charge in [0.05, 0.1) is 13.0 Å². The molecule has 0 amide bonds. The summed E-state index contributed by atoms with van der Waals surface area (Å²) < 4.78 is 4.91. The second kappa shape index (κ2) is 5.32. The number of halogens is 1. The Morgan fingerprint density at radius 3 is 2.79 bits per heavy atom. The van der Waals surface area contributed by atoms with E-state index in [1.165, 1.54) is 0 Å². The number of benzene rings is 1. The molecule has 0 atom stereocenters. The molecule has 0 saturated carbocycles. The lowest BCUT2D eigenvalue weighted by Gasteiger charge is -2.02. The van der Waals surface area contributed by atoms with Crippen LogP contribution < -0.4 is 0 Å². The van der Waals surface area contributed by atoms with E-state index in [1.54, 1.807) is 25.1 Å². The van der Waals surface area contributed by atoms with Crippen LogP contribution in [0, 0.1) is 0 Å². The third-order valence-corrected chi connectivity index (χ3v) is 2.91. The fourth-order valence-electron chi connectivity index (χ4n) is 1.93. The van der Waals surface area contributed by atoms with E-state index < -0.39 is 11.9 Å². The number of aliphatic carboxylic acids is 1. The molecule has 0 unspecified atom stereocenters. The van der Waals surface area contributed by atoms with Crippen LogP contribution >= 0.6 is 11.6 Å². The fraction of sp³-hybridized carbons (Fsp3) is 0.231. The zero-order valence-electron chi connectivity index (χ0n) is 10.2. The largest absolute Gasteiger partial charge is 0.481 e. The molecule has 2 N–H and O–H groups in total. The van der Waals surface area contributed by atoms with Crippen molar-refractivity contribution < 1.29 is 19.4 Å². The first-order chi connectivity index (χ1) is 9.02. The van der Waals surface area contributed by atoms with E-state index in [2.05, 4.69) is 4.98 Å². The number of carboxylic acid groups (broad SMARTS) is 1. The van der Waals surface area contributed by atoms with Crippen LogP contribution in [0.5, 0.6) is 0 Å². The quantitative estimate of drug-likeness (QED) is 0.844. The van der Waals surface area contributed by atoms with E-state index in [-0.39, 0.29) is 18.7 Å². The zero-order chi connectivity index (χ0) is 14.0. The van der Waals surface area contributed by atoms with Gasteiger partial charge in [0, 0.05) is 21.5 Å². The topological polar surface area (TPSA) is 79.4 Å². The van der Waals surface area contributed by atoms with E-state index in [9.17, 15) is 9.59 Å². The number of rotatable bonds is 4. The number of hydrogen-bond donors (Lipinski definition) is 2. The van der Waals surface area contributed by atoms with Gasteiger partial charge in [0.25, 0.3) is 0 Å². The van der Waals surface area contributed by atoms with Crippen molar-refractivity contribution in [2.24, 2.45) is 0 Å². The molecule has 19 heavy (non-hydrogen) atoms. The number of H-pyrrole nitrogens is 1. The van der Waals surface area contributed by atoms with Crippen molar-refractivity contribution >= 4 is 34.4 Å². The summed E-state index contributed by atoms with van der Waals surface area (Å²) in [6.07, 6.45) is -0.269. The van der Waals surface area contributed by atoms with Gasteiger partial charge in [-0.2, -0.15) is 0 Å². The van der Waals surface area contributed by atoms with Gasteiger partial charge in [0.2, 0.25) is 0 Å². The van der Waals surface area contributed by atoms with Gasteiger partial charge in [-0.05, 0) is 25.1 Å². The third-order valence-electron chi connectivity index (χ3n) is 2.68. The summed E-state index contributed by atoms with van der Waals surface area (Å²) in [6.45, 7) is 1.91. The molecule has 1 heterocycles. The van der Waals surface area contributed by atoms with Gasteiger partial charge in [-0.25, -0.2) is 4.79 Å². The Hall–Kier alpha value is -2.01. The van der Waals surface area contributed by atoms with E-state index in [0.717, 1.165) is 0 Å². The summed E-state index contributed by atoms with van der Waals surface area (Å²) in [7, 11) is 0. The molecule has 0 spiro atoms. The Bertz CT molecular complexity index is 647. The lowest BCUT2D eigenvalue weighted by molar-refractivity contribution is -0.136. The summed E-state index contributed by atoms with van der Waals surface area (Å²) in [4.78, 5) is 25.6. The molecule has 0 bridgehead atoms. The van der Waals surface area contributed by atoms with Crippen LogP contribution in [-0.4, -0.2) is 28.6 Å². The number of aromatic nitrogens is 1. The number of hydrogen-bond acceptors (Lipinski definition) is 3. The van der Waals surface area contributed by atoms with Crippen LogP contribution in [0.3, 0.4) is 0 Å². The summed E-state index contributed by atoms with van der Waals surface area (Å²) in [5.74, 6) is -1.59. The Morgan fingerprint density at radius 1 is 1.42 bits per heavy atom. The highest BCUT2D eigenvalue weighted by molar-refractivity contribution is 6.31. The SMILES string of the molecule is CCOC(=O)c1[nH]c2ccc(Cl)cc2c1CC(=O)O. The Kier molecular flexibility index (Phi) is 3.76. The van der Waals surface area contributed by atoms with Gasteiger partial charge in [0.1, 0.15) is 5.69 Å². The number of aromatic amines is 1. The van der Waals surface area contributed by atoms with Crippen molar-refractivity contribution in [3.05, 3.63) is 34.5 Å². The van der Waals surface area contributed by atoms with E-state index in [1.807, 2.05) is 0 Å². The van der Waals surface area contributed by atoms with Crippen LogP contribution in [0.25, 0.3) is 10.9 Å². The molecular formula is C13H12ClNO4. The minimum atomic E-state index is -1.02. The minimum absolute atomic E-state index is 0.168. The van der Waals surface area contributed by atoms with Crippen molar-refractivity contribution in [3.8, 4) is 0 Å². The maximum Gasteiger partial charge on any atom is 0.355 e. The van der Waals surface area contributed by atoms with Gasteiger partial charge in [-0.3, -0.25) is 4.79 Å². The number of esters is 1. The third kappa shape index (κ3) is 2.71. The lowest BCUT2D eigenvalue weighted by Crippen LogP contribution is -2.10. The fourth-order valence-corrected chi connectivity index (χ4v) is 2.10.